The third-order valence-electron chi connectivity index (χ3n) is 2.50. The van der Waals surface area contributed by atoms with Gasteiger partial charge in [0.25, 0.3) is 0 Å². The van der Waals surface area contributed by atoms with E-state index in [1.165, 1.54) is 4.31 Å². The summed E-state index contributed by atoms with van der Waals surface area (Å²) in [7, 11) is -1.31. The van der Waals surface area contributed by atoms with Gasteiger partial charge in [-0.3, -0.25) is 4.31 Å². The molecule has 0 saturated heterocycles. The molecule has 1 aliphatic heterocycles. The van der Waals surface area contributed by atoms with Gasteiger partial charge in [0.2, 0.25) is 10.0 Å². The second kappa shape index (κ2) is 3.83. The molecule has 2 rings (SSSR count). The molecule has 82 valence electrons. The zero-order valence-electron chi connectivity index (χ0n) is 8.60. The van der Waals surface area contributed by atoms with Crippen molar-refractivity contribution in [3.05, 3.63) is 29.8 Å². The summed E-state index contributed by atoms with van der Waals surface area (Å²) in [5.41, 5.74) is 1.72. The number of fused-ring (bicyclic) bond motifs is 1. The lowest BCUT2D eigenvalue weighted by molar-refractivity contribution is 0.592. The van der Waals surface area contributed by atoms with Crippen molar-refractivity contribution in [3.63, 3.8) is 0 Å². The van der Waals surface area contributed by atoms with Gasteiger partial charge in [-0.25, -0.2) is 8.42 Å². The summed E-state index contributed by atoms with van der Waals surface area (Å²) in [5, 5.41) is 2.96. The van der Waals surface area contributed by atoms with Gasteiger partial charge in [-0.05, 0) is 18.7 Å². The van der Waals surface area contributed by atoms with Crippen LogP contribution < -0.4 is 9.62 Å². The molecule has 0 amide bonds. The van der Waals surface area contributed by atoms with E-state index in [0.717, 1.165) is 11.3 Å². The van der Waals surface area contributed by atoms with Crippen molar-refractivity contribution in [2.75, 3.05) is 24.4 Å². The van der Waals surface area contributed by atoms with Crippen LogP contribution in [0.25, 0.3) is 0 Å². The molecule has 1 aliphatic rings. The third-order valence-corrected chi connectivity index (χ3v) is 4.23. The van der Waals surface area contributed by atoms with Gasteiger partial charge in [0, 0.05) is 13.1 Å². The van der Waals surface area contributed by atoms with E-state index < -0.39 is 10.0 Å². The summed E-state index contributed by atoms with van der Waals surface area (Å²) in [6.45, 7) is 1.16. The maximum Gasteiger partial charge on any atom is 0.239 e. The fraction of sp³-hybridized carbons (Fsp3) is 0.400. The predicted octanol–water partition coefficient (Wildman–Crippen LogP) is 0.556. The Bertz CT molecular complexity index is 456. The van der Waals surface area contributed by atoms with Gasteiger partial charge in [-0.15, -0.1) is 0 Å². The predicted molar refractivity (Wildman–Crippen MR) is 60.3 cm³/mol. The number of anilines is 1. The van der Waals surface area contributed by atoms with Crippen LogP contribution in [0.4, 0.5) is 5.69 Å². The summed E-state index contributed by atoms with van der Waals surface area (Å²) < 4.78 is 25.1. The van der Waals surface area contributed by atoms with Crippen LogP contribution in [-0.4, -0.2) is 28.6 Å². The largest absolute Gasteiger partial charge is 0.318 e. The van der Waals surface area contributed by atoms with Gasteiger partial charge in [0.05, 0.1) is 11.4 Å². The molecule has 1 aromatic carbocycles. The van der Waals surface area contributed by atoms with E-state index in [0.29, 0.717) is 13.1 Å². The third kappa shape index (κ3) is 1.85. The number of benzene rings is 1. The number of nitrogens with one attached hydrogen (secondary N) is 1. The van der Waals surface area contributed by atoms with E-state index in [-0.39, 0.29) is 5.75 Å². The molecule has 0 fully saturated rings. The van der Waals surface area contributed by atoms with Crippen LogP contribution in [0.1, 0.15) is 5.56 Å². The van der Waals surface area contributed by atoms with E-state index in [9.17, 15) is 8.42 Å². The summed E-state index contributed by atoms with van der Waals surface area (Å²) in [5.74, 6) is 0.132. The van der Waals surface area contributed by atoms with Crippen LogP contribution >= 0.6 is 0 Å². The lowest BCUT2D eigenvalue weighted by atomic mass is 10.2. The van der Waals surface area contributed by atoms with E-state index in [1.807, 2.05) is 31.3 Å². The second-order valence-corrected chi connectivity index (χ2v) is 5.45. The number of nitrogens with zero attached hydrogens (tertiary/aromatic N) is 1. The molecule has 0 saturated carbocycles. The first kappa shape index (κ1) is 10.4. The van der Waals surface area contributed by atoms with E-state index in [4.69, 9.17) is 0 Å². The minimum absolute atomic E-state index is 0.132. The molecule has 0 atom stereocenters. The first-order valence-corrected chi connectivity index (χ1v) is 6.49. The zero-order valence-corrected chi connectivity index (χ0v) is 9.42. The van der Waals surface area contributed by atoms with Crippen LogP contribution in [0.2, 0.25) is 0 Å². The van der Waals surface area contributed by atoms with E-state index >= 15 is 0 Å². The Hall–Kier alpha value is -1.07. The Morgan fingerprint density at radius 1 is 1.40 bits per heavy atom. The zero-order chi connectivity index (χ0) is 10.9. The molecule has 0 aromatic heterocycles. The molecule has 5 heteroatoms. The van der Waals surface area contributed by atoms with Crippen LogP contribution in [0.15, 0.2) is 24.3 Å². The number of likely N-dealkylation sites (N-methyl/N-ethyl adjacent to an activating group) is 1. The fourth-order valence-corrected chi connectivity index (χ4v) is 3.41. The molecule has 1 N–H and O–H groups in total. The van der Waals surface area contributed by atoms with Crippen LogP contribution in [-0.2, 0) is 15.8 Å². The highest BCUT2D eigenvalue weighted by Gasteiger charge is 2.31. The molecule has 1 heterocycles. The highest BCUT2D eigenvalue weighted by atomic mass is 32.2. The lowest BCUT2D eigenvalue weighted by Crippen LogP contribution is -2.33. The number of rotatable bonds is 3. The molecule has 0 radical (unpaired) electrons. The Balaban J connectivity index is 2.35. The topological polar surface area (TPSA) is 49.4 Å². The SMILES string of the molecule is CNCCN1c2ccccc2CS1(=O)=O. The molecule has 0 unspecified atom stereocenters. The van der Waals surface area contributed by atoms with Gasteiger partial charge in [0.15, 0.2) is 0 Å². The molecule has 1 aromatic rings. The monoisotopic (exact) mass is 226 g/mol. The van der Waals surface area contributed by atoms with Crippen LogP contribution in [0.5, 0.6) is 0 Å². The standard InChI is InChI=1S/C10H14N2O2S/c1-11-6-7-12-10-5-3-2-4-9(10)8-15(12,13)14/h2-5,11H,6-8H2,1H3. The number of hydrogen-bond donors (Lipinski definition) is 1. The molecule has 4 nitrogen and oxygen atoms in total. The summed E-state index contributed by atoms with van der Waals surface area (Å²) in [4.78, 5) is 0. The summed E-state index contributed by atoms with van der Waals surface area (Å²) >= 11 is 0. The van der Waals surface area contributed by atoms with Crippen molar-refractivity contribution in [1.82, 2.24) is 5.32 Å². The van der Waals surface area contributed by atoms with Crippen LogP contribution in [0, 0.1) is 0 Å². The van der Waals surface area contributed by atoms with Gasteiger partial charge in [-0.1, -0.05) is 18.2 Å². The van der Waals surface area contributed by atoms with Gasteiger partial charge >= 0.3 is 0 Å². The minimum Gasteiger partial charge on any atom is -0.318 e. The maximum absolute atomic E-state index is 11.8. The maximum atomic E-state index is 11.8. The van der Waals surface area contributed by atoms with Crippen molar-refractivity contribution >= 4 is 15.7 Å². The van der Waals surface area contributed by atoms with Gasteiger partial charge in [0.1, 0.15) is 0 Å². The highest BCUT2D eigenvalue weighted by molar-refractivity contribution is 7.92. The number of sulfonamides is 1. The molecular weight excluding hydrogens is 212 g/mol. The van der Waals surface area contributed by atoms with Gasteiger partial charge in [-0.2, -0.15) is 0 Å². The van der Waals surface area contributed by atoms with Crippen molar-refractivity contribution in [3.8, 4) is 0 Å². The van der Waals surface area contributed by atoms with Crippen molar-refractivity contribution < 1.29 is 8.42 Å². The number of para-hydroxylation sites is 1. The quantitative estimate of drug-likeness (QED) is 0.819. The number of hydrogen-bond acceptors (Lipinski definition) is 3. The van der Waals surface area contributed by atoms with Crippen molar-refractivity contribution in [2.24, 2.45) is 0 Å². The Labute approximate surface area is 90.0 Å². The fourth-order valence-electron chi connectivity index (χ4n) is 1.77. The Morgan fingerprint density at radius 2 is 2.13 bits per heavy atom. The Morgan fingerprint density at radius 3 is 2.87 bits per heavy atom. The Kier molecular flexibility index (Phi) is 2.67. The average Bonchev–Trinajstić information content (AvgIpc) is 2.45. The molecule has 0 aliphatic carbocycles. The normalized spacial score (nSPS) is 17.8. The molecule has 15 heavy (non-hydrogen) atoms. The highest BCUT2D eigenvalue weighted by Crippen LogP contribution is 2.32. The van der Waals surface area contributed by atoms with Crippen molar-refractivity contribution in [2.45, 2.75) is 5.75 Å². The second-order valence-electron chi connectivity index (χ2n) is 3.56. The molecule has 0 spiro atoms. The smallest absolute Gasteiger partial charge is 0.239 e. The van der Waals surface area contributed by atoms with Gasteiger partial charge < -0.3 is 5.32 Å². The van der Waals surface area contributed by atoms with Crippen molar-refractivity contribution in [1.29, 1.82) is 0 Å². The summed E-state index contributed by atoms with van der Waals surface area (Å²) in [6, 6.07) is 7.46. The average molecular weight is 226 g/mol. The molecular formula is C10H14N2O2S. The first-order valence-electron chi connectivity index (χ1n) is 4.88. The van der Waals surface area contributed by atoms with Crippen LogP contribution in [0.3, 0.4) is 0 Å². The minimum atomic E-state index is -3.13. The van der Waals surface area contributed by atoms with E-state index in [1.54, 1.807) is 0 Å². The summed E-state index contributed by atoms with van der Waals surface area (Å²) in [6.07, 6.45) is 0. The molecule has 0 bridgehead atoms. The van der Waals surface area contributed by atoms with E-state index in [2.05, 4.69) is 5.32 Å². The lowest BCUT2D eigenvalue weighted by Gasteiger charge is -2.17. The first-order chi connectivity index (χ1) is 7.15.